The van der Waals surface area contributed by atoms with Crippen LogP contribution in [0.25, 0.3) is 0 Å². The van der Waals surface area contributed by atoms with E-state index in [-0.39, 0.29) is 69.4 Å². The molecule has 0 saturated carbocycles. The van der Waals surface area contributed by atoms with Crippen molar-refractivity contribution in [3.05, 3.63) is 0 Å². The first-order valence-corrected chi connectivity index (χ1v) is 0. The Bertz CT molecular complexity index is 8.49. The smallest absolute Gasteiger partial charge is 1.00 e. The molecular weight excluding hydrogens is 227 g/mol. The fraction of sp³-hybridized carbons (Fsp3) is 0. The van der Waals surface area contributed by atoms with E-state index in [2.05, 4.69) is 0 Å². The van der Waals surface area contributed by atoms with Crippen molar-refractivity contribution < 1.29 is 69.4 Å². The van der Waals surface area contributed by atoms with Crippen LogP contribution in [0, 0.1) is 0 Å². The molecule has 8 heavy (non-hydrogen) atoms. The largest absolute Gasteiger partial charge is 4.00 e. The first-order valence-electron chi connectivity index (χ1n) is 0. The summed E-state index contributed by atoms with van der Waals surface area (Å²) in [5.41, 5.74) is 0. The summed E-state index contributed by atoms with van der Waals surface area (Å²) < 4.78 is 0. The van der Waals surface area contributed by atoms with Crippen LogP contribution < -0.4 is 28.2 Å². The maximum atomic E-state index is 0. The van der Waals surface area contributed by atoms with Gasteiger partial charge in [0, 0.05) is 0 Å². The molecule has 0 nitrogen and oxygen atoms in total. The molecule has 0 aliphatic carbocycles. The molecule has 0 N–H and O–H groups in total. The average molecular weight is 227 g/mol. The van der Waals surface area contributed by atoms with Crippen LogP contribution in [-0.4, -0.2) is 0 Å². The third-order valence-electron chi connectivity index (χ3n) is 0. The van der Waals surface area contributed by atoms with Crippen molar-refractivity contribution in [2.45, 2.75) is 0 Å². The van der Waals surface area contributed by atoms with Gasteiger partial charge in [-0.05, 0) is 0 Å². The summed E-state index contributed by atoms with van der Waals surface area (Å²) in [5, 5.41) is 0. The van der Waals surface area contributed by atoms with Gasteiger partial charge in [-0.1, -0.05) is 0 Å². The van der Waals surface area contributed by atoms with E-state index in [1.165, 1.54) is 0 Å². The third-order valence-corrected chi connectivity index (χ3v) is 0. The van der Waals surface area contributed by atoms with Crippen molar-refractivity contribution in [3.63, 3.8) is 0 Å². The standard InChI is InChI=1S/6FH.Ti.Zn/h6*1H;;/q;;;;;;+4;+2/p-6. The van der Waals surface area contributed by atoms with Crippen molar-refractivity contribution in [3.8, 4) is 0 Å². The van der Waals surface area contributed by atoms with Crippen molar-refractivity contribution in [1.29, 1.82) is 0 Å². The Balaban J connectivity index is 0. The predicted octanol–water partition coefficient (Wildman–Crippen LogP) is -18.0. The van der Waals surface area contributed by atoms with Crippen LogP contribution in [0.15, 0.2) is 0 Å². The molecule has 0 aromatic rings. The maximum absolute atomic E-state index is 0. The molecule has 0 aromatic heterocycles. The minimum absolute atomic E-state index is 0. The van der Waals surface area contributed by atoms with E-state index in [0.29, 0.717) is 0 Å². The summed E-state index contributed by atoms with van der Waals surface area (Å²) in [7, 11) is 0. The number of rotatable bonds is 0. The Morgan fingerprint density at radius 3 is 0.375 bits per heavy atom. The summed E-state index contributed by atoms with van der Waals surface area (Å²) in [6, 6.07) is 0. The molecule has 48 valence electrons. The Labute approximate surface area is 69.6 Å². The van der Waals surface area contributed by atoms with Crippen molar-refractivity contribution in [2.24, 2.45) is 0 Å². The fourth-order valence-corrected chi connectivity index (χ4v) is 0. The zero-order chi connectivity index (χ0) is 0. The molecule has 0 aromatic carbocycles. The van der Waals surface area contributed by atoms with Crippen LogP contribution in [0.5, 0.6) is 0 Å². The van der Waals surface area contributed by atoms with E-state index in [1.807, 2.05) is 0 Å². The first-order chi connectivity index (χ1) is 0. The molecule has 0 spiro atoms. The van der Waals surface area contributed by atoms with Crippen LogP contribution in [-0.2, 0) is 41.2 Å². The molecule has 0 heterocycles. The zero-order valence-electron chi connectivity index (χ0n) is 3.47. The molecule has 0 unspecified atom stereocenters. The van der Waals surface area contributed by atoms with Crippen molar-refractivity contribution >= 4 is 0 Å². The number of halogens is 6. The summed E-state index contributed by atoms with van der Waals surface area (Å²) in [6.07, 6.45) is 0. The van der Waals surface area contributed by atoms with Gasteiger partial charge in [0.05, 0.1) is 0 Å². The van der Waals surface area contributed by atoms with Gasteiger partial charge < -0.3 is 28.2 Å². The van der Waals surface area contributed by atoms with Crippen LogP contribution in [0.4, 0.5) is 0 Å². The normalized spacial score (nSPS) is 0. The van der Waals surface area contributed by atoms with E-state index in [0.717, 1.165) is 0 Å². The van der Waals surface area contributed by atoms with Gasteiger partial charge in [0.25, 0.3) is 0 Å². The second-order valence-corrected chi connectivity index (χ2v) is 0. The molecule has 8 heteroatoms. The Morgan fingerprint density at radius 1 is 0.375 bits per heavy atom. The van der Waals surface area contributed by atoms with Gasteiger partial charge in [0.2, 0.25) is 0 Å². The van der Waals surface area contributed by atoms with Gasteiger partial charge >= 0.3 is 41.2 Å². The summed E-state index contributed by atoms with van der Waals surface area (Å²) in [6.45, 7) is 0. The molecule has 0 fully saturated rings. The molecule has 0 saturated heterocycles. The molecule has 0 bridgehead atoms. The van der Waals surface area contributed by atoms with Crippen LogP contribution in [0.1, 0.15) is 0 Å². The maximum Gasteiger partial charge on any atom is 4.00 e. The molecule has 0 amide bonds. The molecule has 0 rings (SSSR count). The molecule has 0 aliphatic rings. The minimum atomic E-state index is 0. The van der Waals surface area contributed by atoms with Gasteiger partial charge in [0.15, 0.2) is 0 Å². The molecule has 0 radical (unpaired) electrons. The van der Waals surface area contributed by atoms with Crippen molar-refractivity contribution in [1.82, 2.24) is 0 Å². The third kappa shape index (κ3) is 288. The van der Waals surface area contributed by atoms with Gasteiger partial charge in [-0.25, -0.2) is 0 Å². The van der Waals surface area contributed by atoms with E-state index < -0.39 is 0 Å². The summed E-state index contributed by atoms with van der Waals surface area (Å²) >= 11 is 0. The summed E-state index contributed by atoms with van der Waals surface area (Å²) in [4.78, 5) is 0. The van der Waals surface area contributed by atoms with Gasteiger partial charge in [-0.3, -0.25) is 0 Å². The monoisotopic (exact) mass is 226 g/mol. The average Bonchev–Trinajstić information content (AvgIpc) is 0. The van der Waals surface area contributed by atoms with Gasteiger partial charge in [-0.2, -0.15) is 0 Å². The quantitative estimate of drug-likeness (QED) is 0.285. The Morgan fingerprint density at radius 2 is 0.375 bits per heavy atom. The topological polar surface area (TPSA) is 0 Å². The van der Waals surface area contributed by atoms with Crippen LogP contribution in [0.3, 0.4) is 0 Å². The minimum Gasteiger partial charge on any atom is -1.00 e. The molecule has 0 aliphatic heterocycles. The van der Waals surface area contributed by atoms with E-state index in [4.69, 9.17) is 0 Å². The Hall–Kier alpha value is 0.918. The van der Waals surface area contributed by atoms with Crippen LogP contribution >= 0.6 is 0 Å². The van der Waals surface area contributed by atoms with Crippen LogP contribution in [0.2, 0.25) is 0 Å². The molecule has 0 atom stereocenters. The molecular formula is F6TiZn. The second-order valence-electron chi connectivity index (χ2n) is 0. The van der Waals surface area contributed by atoms with Crippen molar-refractivity contribution in [2.75, 3.05) is 0 Å². The van der Waals surface area contributed by atoms with E-state index in [1.54, 1.807) is 0 Å². The number of hydrogen-bond acceptors (Lipinski definition) is 0. The fourth-order valence-electron chi connectivity index (χ4n) is 0. The SMILES string of the molecule is [F-].[F-].[F-].[F-].[F-].[F-].[Ti+4].[Zn+2]. The Kier molecular flexibility index (Phi) is 37300. The van der Waals surface area contributed by atoms with E-state index >= 15 is 0 Å². The first kappa shape index (κ1) is 664. The van der Waals surface area contributed by atoms with E-state index in [9.17, 15) is 0 Å². The number of hydrogen-bond donors (Lipinski definition) is 0. The van der Waals surface area contributed by atoms with Gasteiger partial charge in [-0.15, -0.1) is 0 Å². The predicted molar refractivity (Wildman–Crippen MR) is 0 cm³/mol. The second kappa shape index (κ2) is 450. The summed E-state index contributed by atoms with van der Waals surface area (Å²) in [5.74, 6) is 0. The zero-order valence-corrected chi connectivity index (χ0v) is 8.00. The van der Waals surface area contributed by atoms with Gasteiger partial charge in [0.1, 0.15) is 0 Å².